The van der Waals surface area contributed by atoms with Gasteiger partial charge in [0.1, 0.15) is 6.61 Å². The molecule has 2 amide bonds. The van der Waals surface area contributed by atoms with Crippen LogP contribution in [0.2, 0.25) is 0 Å². The monoisotopic (exact) mass is 468 g/mol. The molecule has 1 aliphatic carbocycles. The summed E-state index contributed by atoms with van der Waals surface area (Å²) in [5.41, 5.74) is 4.49. The van der Waals surface area contributed by atoms with Gasteiger partial charge in [0.2, 0.25) is 0 Å². The van der Waals surface area contributed by atoms with E-state index in [1.807, 2.05) is 36.4 Å². The van der Waals surface area contributed by atoms with E-state index in [1.165, 1.54) is 7.11 Å². The van der Waals surface area contributed by atoms with E-state index in [0.29, 0.717) is 0 Å². The van der Waals surface area contributed by atoms with Gasteiger partial charge in [-0.15, -0.1) is 0 Å². The topological polar surface area (TPSA) is 114 Å². The number of ether oxygens (including phenoxy) is 2. The third kappa shape index (κ3) is 5.56. The Hall–Kier alpha value is -3.39. The Labute approximate surface area is 199 Å². The number of hydrogen-bond acceptors (Lipinski definition) is 5. The predicted molar refractivity (Wildman–Crippen MR) is 127 cm³/mol. The van der Waals surface area contributed by atoms with Crippen molar-refractivity contribution in [2.75, 3.05) is 20.3 Å². The lowest BCUT2D eigenvalue weighted by Gasteiger charge is -2.26. The van der Waals surface area contributed by atoms with Crippen LogP contribution in [0, 0.1) is 11.8 Å². The fourth-order valence-corrected chi connectivity index (χ4v) is 4.59. The molecule has 0 heterocycles. The lowest BCUT2D eigenvalue weighted by atomic mass is 9.89. The number of carbonyl (C=O) groups excluding carboxylic acids is 2. The largest absolute Gasteiger partial charge is 0.481 e. The second-order valence-corrected chi connectivity index (χ2v) is 8.84. The lowest BCUT2D eigenvalue weighted by Crippen LogP contribution is -2.50. The van der Waals surface area contributed by atoms with Crippen LogP contribution < -0.4 is 10.6 Å². The molecule has 8 heteroatoms. The number of fused-ring (bicyclic) bond motifs is 3. The molecule has 0 fully saturated rings. The third-order valence-electron chi connectivity index (χ3n) is 6.26. The van der Waals surface area contributed by atoms with E-state index in [2.05, 4.69) is 22.8 Å². The standard InChI is InChI=1S/C26H32N2O6/c1-15(2)23(25(30)31)16(3)28-24(29)22(33-4)13-27-26(32)34-14-21-19-11-7-5-9-17(19)18-10-6-8-12-20(18)21/h5-12,15-16,21-23H,13-14H2,1-4H3,(H,27,32)(H,28,29)(H,30,31). The number of aliphatic carboxylic acids is 1. The number of nitrogens with one attached hydrogen (secondary N) is 2. The number of rotatable bonds is 10. The Kier molecular flexibility index (Phi) is 8.28. The summed E-state index contributed by atoms with van der Waals surface area (Å²) in [6, 6.07) is 15.5. The predicted octanol–water partition coefficient (Wildman–Crippen LogP) is 3.40. The Morgan fingerprint density at radius 2 is 1.53 bits per heavy atom. The van der Waals surface area contributed by atoms with Gasteiger partial charge in [-0.25, -0.2) is 4.79 Å². The quantitative estimate of drug-likeness (QED) is 0.493. The van der Waals surface area contributed by atoms with E-state index >= 15 is 0 Å². The third-order valence-corrected chi connectivity index (χ3v) is 6.26. The Morgan fingerprint density at radius 3 is 2.03 bits per heavy atom. The first-order valence-corrected chi connectivity index (χ1v) is 11.4. The highest BCUT2D eigenvalue weighted by Crippen LogP contribution is 2.44. The highest BCUT2D eigenvalue weighted by Gasteiger charge is 2.32. The number of methoxy groups -OCH3 is 1. The molecule has 0 aromatic heterocycles. The van der Waals surface area contributed by atoms with Gasteiger partial charge in [0.15, 0.2) is 6.10 Å². The van der Waals surface area contributed by atoms with Gasteiger partial charge >= 0.3 is 12.1 Å². The van der Waals surface area contributed by atoms with Gasteiger partial charge in [0.05, 0.1) is 12.5 Å². The SMILES string of the molecule is COC(CNC(=O)OCC1c2ccccc2-c2ccccc21)C(=O)NC(C)C(C(=O)O)C(C)C. The normalized spacial score (nSPS) is 15.1. The molecule has 3 rings (SSSR count). The summed E-state index contributed by atoms with van der Waals surface area (Å²) in [6.45, 7) is 5.27. The van der Waals surface area contributed by atoms with Crippen molar-refractivity contribution in [1.29, 1.82) is 0 Å². The average Bonchev–Trinajstić information content (AvgIpc) is 3.11. The van der Waals surface area contributed by atoms with Crippen molar-refractivity contribution in [3.05, 3.63) is 59.7 Å². The zero-order valence-corrected chi connectivity index (χ0v) is 19.9. The molecule has 3 atom stereocenters. The summed E-state index contributed by atoms with van der Waals surface area (Å²) in [5, 5.41) is 14.7. The van der Waals surface area contributed by atoms with Gasteiger partial charge in [-0.1, -0.05) is 62.4 Å². The summed E-state index contributed by atoms with van der Waals surface area (Å²) in [7, 11) is 1.35. The van der Waals surface area contributed by atoms with Gasteiger partial charge in [0.25, 0.3) is 5.91 Å². The molecule has 8 nitrogen and oxygen atoms in total. The first kappa shape index (κ1) is 25.2. The molecule has 3 N–H and O–H groups in total. The summed E-state index contributed by atoms with van der Waals surface area (Å²) >= 11 is 0. The first-order valence-electron chi connectivity index (χ1n) is 11.4. The molecule has 0 saturated heterocycles. The zero-order valence-electron chi connectivity index (χ0n) is 19.9. The molecule has 0 bridgehead atoms. The van der Waals surface area contributed by atoms with Crippen molar-refractivity contribution >= 4 is 18.0 Å². The van der Waals surface area contributed by atoms with Gasteiger partial charge in [-0.2, -0.15) is 0 Å². The Balaban J connectivity index is 1.54. The van der Waals surface area contributed by atoms with Gasteiger partial charge in [0, 0.05) is 19.1 Å². The second-order valence-electron chi connectivity index (χ2n) is 8.84. The van der Waals surface area contributed by atoms with Gasteiger partial charge in [-0.05, 0) is 35.1 Å². The van der Waals surface area contributed by atoms with E-state index in [9.17, 15) is 19.5 Å². The van der Waals surface area contributed by atoms with Crippen LogP contribution in [0.25, 0.3) is 11.1 Å². The number of alkyl carbamates (subject to hydrolysis) is 1. The number of carboxylic acids is 1. The highest BCUT2D eigenvalue weighted by atomic mass is 16.5. The Bertz CT molecular complexity index is 992. The lowest BCUT2D eigenvalue weighted by molar-refractivity contribution is -0.145. The molecule has 0 radical (unpaired) electrons. The van der Waals surface area contributed by atoms with Crippen LogP contribution in [0.5, 0.6) is 0 Å². The van der Waals surface area contributed by atoms with Crippen molar-refractivity contribution < 1.29 is 29.0 Å². The second kappa shape index (κ2) is 11.2. The highest BCUT2D eigenvalue weighted by molar-refractivity contribution is 5.83. The van der Waals surface area contributed by atoms with E-state index in [-0.39, 0.29) is 25.0 Å². The van der Waals surface area contributed by atoms with E-state index in [4.69, 9.17) is 9.47 Å². The van der Waals surface area contributed by atoms with Gasteiger partial charge in [-0.3, -0.25) is 9.59 Å². The average molecular weight is 469 g/mol. The summed E-state index contributed by atoms with van der Waals surface area (Å²) in [4.78, 5) is 36.4. The molecule has 34 heavy (non-hydrogen) atoms. The smallest absolute Gasteiger partial charge is 0.407 e. The van der Waals surface area contributed by atoms with Crippen LogP contribution >= 0.6 is 0 Å². The van der Waals surface area contributed by atoms with E-state index in [1.54, 1.807) is 20.8 Å². The molecule has 2 aromatic carbocycles. The maximum Gasteiger partial charge on any atom is 0.407 e. The fourth-order valence-electron chi connectivity index (χ4n) is 4.59. The number of amides is 2. The van der Waals surface area contributed by atoms with Crippen molar-refractivity contribution in [2.45, 2.75) is 38.8 Å². The number of benzene rings is 2. The molecule has 0 aliphatic heterocycles. The Morgan fingerprint density at radius 1 is 0.971 bits per heavy atom. The summed E-state index contributed by atoms with van der Waals surface area (Å²) in [5.74, 6) is -2.44. The van der Waals surface area contributed by atoms with Crippen molar-refractivity contribution in [1.82, 2.24) is 10.6 Å². The first-order chi connectivity index (χ1) is 16.2. The number of hydrogen-bond donors (Lipinski definition) is 3. The zero-order chi connectivity index (χ0) is 24.8. The minimum atomic E-state index is -0.982. The van der Waals surface area contributed by atoms with Crippen molar-refractivity contribution in [2.24, 2.45) is 11.8 Å². The van der Waals surface area contributed by atoms with Crippen LogP contribution in [0.4, 0.5) is 4.79 Å². The minimum absolute atomic E-state index is 0.0653. The molecule has 0 saturated carbocycles. The van der Waals surface area contributed by atoms with Crippen LogP contribution in [-0.4, -0.2) is 55.5 Å². The van der Waals surface area contributed by atoms with E-state index < -0.39 is 36.0 Å². The van der Waals surface area contributed by atoms with Crippen LogP contribution in [0.1, 0.15) is 37.8 Å². The number of carboxylic acid groups (broad SMARTS) is 1. The summed E-state index contributed by atoms with van der Waals surface area (Å²) < 4.78 is 10.7. The van der Waals surface area contributed by atoms with Crippen LogP contribution in [0.15, 0.2) is 48.5 Å². The van der Waals surface area contributed by atoms with Crippen molar-refractivity contribution in [3.63, 3.8) is 0 Å². The molecule has 3 unspecified atom stereocenters. The van der Waals surface area contributed by atoms with Crippen LogP contribution in [-0.2, 0) is 19.1 Å². The maximum absolute atomic E-state index is 12.6. The molecule has 2 aromatic rings. The fraction of sp³-hybridized carbons (Fsp3) is 0.423. The molecular weight excluding hydrogens is 436 g/mol. The molecule has 0 spiro atoms. The molecular formula is C26H32N2O6. The number of carbonyl (C=O) groups is 3. The van der Waals surface area contributed by atoms with Crippen LogP contribution in [0.3, 0.4) is 0 Å². The molecule has 1 aliphatic rings. The van der Waals surface area contributed by atoms with Crippen molar-refractivity contribution in [3.8, 4) is 11.1 Å². The van der Waals surface area contributed by atoms with Gasteiger partial charge < -0.3 is 25.2 Å². The maximum atomic E-state index is 12.6. The summed E-state index contributed by atoms with van der Waals surface area (Å²) in [6.07, 6.45) is -1.64. The minimum Gasteiger partial charge on any atom is -0.481 e. The van der Waals surface area contributed by atoms with E-state index in [0.717, 1.165) is 22.3 Å². The molecule has 182 valence electrons.